The van der Waals surface area contributed by atoms with Crippen molar-refractivity contribution in [3.05, 3.63) is 36.3 Å². The van der Waals surface area contributed by atoms with Crippen LogP contribution in [0.15, 0.2) is 35.7 Å². The van der Waals surface area contributed by atoms with Crippen LogP contribution >= 0.6 is 0 Å². The molecule has 168 valence electrons. The van der Waals surface area contributed by atoms with Gasteiger partial charge in [0.1, 0.15) is 12.2 Å². The first kappa shape index (κ1) is 22.7. The van der Waals surface area contributed by atoms with Crippen molar-refractivity contribution in [1.29, 1.82) is 0 Å². The zero-order valence-corrected chi connectivity index (χ0v) is 18.9. The van der Waals surface area contributed by atoms with Crippen LogP contribution in [0.1, 0.15) is 26.3 Å². The molecule has 0 aliphatic carbocycles. The van der Waals surface area contributed by atoms with Gasteiger partial charge in [0.05, 0.1) is 12.4 Å². The molecule has 0 atom stereocenters. The van der Waals surface area contributed by atoms with Gasteiger partial charge in [-0.25, -0.2) is 28.2 Å². The Balaban J connectivity index is 1.50. The molecule has 0 aromatic carbocycles. The number of hydrogen-bond acceptors (Lipinski definition) is 9. The van der Waals surface area contributed by atoms with Crippen LogP contribution in [0.25, 0.3) is 0 Å². The van der Waals surface area contributed by atoms with Crippen LogP contribution in [-0.2, 0) is 21.2 Å². The fraction of sp³-hybridized carbons (Fsp3) is 0.500. The van der Waals surface area contributed by atoms with Gasteiger partial charge in [0.25, 0.3) is 0 Å². The number of carbonyl (C=O) groups excluding carboxylic acids is 1. The van der Waals surface area contributed by atoms with E-state index in [-0.39, 0.29) is 17.7 Å². The van der Waals surface area contributed by atoms with Crippen LogP contribution in [0, 0.1) is 0 Å². The van der Waals surface area contributed by atoms with Crippen molar-refractivity contribution < 1.29 is 22.7 Å². The maximum atomic E-state index is 12.2. The molecule has 0 N–H and O–H groups in total. The Bertz CT molecular complexity index is 996. The van der Waals surface area contributed by atoms with Gasteiger partial charge in [-0.05, 0) is 26.8 Å². The van der Waals surface area contributed by atoms with Gasteiger partial charge in [-0.3, -0.25) is 0 Å². The molecule has 1 fully saturated rings. The van der Waals surface area contributed by atoms with E-state index in [2.05, 4.69) is 15.0 Å². The van der Waals surface area contributed by atoms with Crippen LogP contribution < -0.4 is 9.64 Å². The number of pyridine rings is 1. The second kappa shape index (κ2) is 9.04. The van der Waals surface area contributed by atoms with Crippen LogP contribution in [0.4, 0.5) is 10.7 Å². The number of nitrogens with zero attached hydrogens (tertiary/aromatic N) is 5. The Labute approximate surface area is 182 Å². The quantitative estimate of drug-likeness (QED) is 0.675. The Kier molecular flexibility index (Phi) is 6.63. The standard InChI is InChI=1S/C20H27N5O5S/c1-20(2,3)30-19(26)25-9-7-24(8-10-25)18-22-12-16(13-23-18)29-14-15-5-6-17(21-11-15)31(4,27)28/h5-6,11-13H,7-10,14H2,1-4H3. The van der Waals surface area contributed by atoms with E-state index in [0.717, 1.165) is 11.8 Å². The third-order valence-electron chi connectivity index (χ3n) is 4.41. The van der Waals surface area contributed by atoms with Gasteiger partial charge in [-0.1, -0.05) is 6.07 Å². The van der Waals surface area contributed by atoms with Gasteiger partial charge < -0.3 is 19.3 Å². The summed E-state index contributed by atoms with van der Waals surface area (Å²) >= 11 is 0. The van der Waals surface area contributed by atoms with Crippen LogP contribution in [0.2, 0.25) is 0 Å². The molecule has 0 unspecified atom stereocenters. The molecule has 11 heteroatoms. The number of amides is 1. The Morgan fingerprint density at radius 2 is 1.68 bits per heavy atom. The molecule has 0 spiro atoms. The SMILES string of the molecule is CC(C)(C)OC(=O)N1CCN(c2ncc(OCc3ccc(S(C)(=O)=O)nc3)cn2)CC1. The van der Waals surface area contributed by atoms with Gasteiger partial charge in [0.2, 0.25) is 5.95 Å². The predicted octanol–water partition coefficient (Wildman–Crippen LogP) is 1.91. The van der Waals surface area contributed by atoms with Gasteiger partial charge in [-0.2, -0.15) is 0 Å². The van der Waals surface area contributed by atoms with Crippen molar-refractivity contribution in [3.63, 3.8) is 0 Å². The zero-order valence-electron chi connectivity index (χ0n) is 18.1. The topological polar surface area (TPSA) is 115 Å². The summed E-state index contributed by atoms with van der Waals surface area (Å²) in [6, 6.07) is 3.10. The number of rotatable bonds is 5. The van der Waals surface area contributed by atoms with Crippen molar-refractivity contribution in [2.75, 3.05) is 37.3 Å². The number of aromatic nitrogens is 3. The highest BCUT2D eigenvalue weighted by molar-refractivity contribution is 7.90. The predicted molar refractivity (Wildman–Crippen MR) is 114 cm³/mol. The van der Waals surface area contributed by atoms with Crippen molar-refractivity contribution in [2.24, 2.45) is 0 Å². The molecule has 31 heavy (non-hydrogen) atoms. The number of anilines is 1. The number of hydrogen-bond donors (Lipinski definition) is 0. The summed E-state index contributed by atoms with van der Waals surface area (Å²) in [6.07, 6.45) is 5.44. The molecule has 0 bridgehead atoms. The molecular weight excluding hydrogens is 422 g/mol. The normalized spacial score (nSPS) is 15.0. The lowest BCUT2D eigenvalue weighted by Crippen LogP contribution is -2.50. The molecule has 2 aromatic heterocycles. The lowest BCUT2D eigenvalue weighted by molar-refractivity contribution is 0.0240. The van der Waals surface area contributed by atoms with Gasteiger partial charge in [0.15, 0.2) is 20.6 Å². The van der Waals surface area contributed by atoms with E-state index in [0.29, 0.717) is 37.9 Å². The van der Waals surface area contributed by atoms with E-state index in [1.807, 2.05) is 25.7 Å². The monoisotopic (exact) mass is 449 g/mol. The van der Waals surface area contributed by atoms with Gasteiger partial charge in [-0.15, -0.1) is 0 Å². The molecule has 0 radical (unpaired) electrons. The number of ether oxygens (including phenoxy) is 2. The molecule has 10 nitrogen and oxygen atoms in total. The van der Waals surface area contributed by atoms with Gasteiger partial charge >= 0.3 is 6.09 Å². The van der Waals surface area contributed by atoms with Crippen molar-refractivity contribution in [3.8, 4) is 5.75 Å². The largest absolute Gasteiger partial charge is 0.486 e. The van der Waals surface area contributed by atoms with E-state index < -0.39 is 15.4 Å². The minimum Gasteiger partial charge on any atom is -0.486 e. The van der Waals surface area contributed by atoms with E-state index in [1.165, 1.54) is 12.3 Å². The molecule has 1 amide bonds. The van der Waals surface area contributed by atoms with E-state index in [1.54, 1.807) is 23.4 Å². The second-order valence-corrected chi connectivity index (χ2v) is 10.2. The van der Waals surface area contributed by atoms with E-state index in [9.17, 15) is 13.2 Å². The third kappa shape index (κ3) is 6.51. The molecule has 1 saturated heterocycles. The second-order valence-electron chi connectivity index (χ2n) is 8.24. The Morgan fingerprint density at radius 3 is 2.19 bits per heavy atom. The average molecular weight is 450 g/mol. The number of piperazine rings is 1. The summed E-state index contributed by atoms with van der Waals surface area (Å²) in [4.78, 5) is 28.5. The zero-order chi connectivity index (χ0) is 22.6. The van der Waals surface area contributed by atoms with Crippen molar-refractivity contribution >= 4 is 21.9 Å². The third-order valence-corrected chi connectivity index (χ3v) is 5.41. The lowest BCUT2D eigenvalue weighted by Gasteiger charge is -2.35. The molecule has 3 rings (SSSR count). The van der Waals surface area contributed by atoms with Crippen LogP contribution in [-0.4, -0.2) is 72.4 Å². The summed E-state index contributed by atoms with van der Waals surface area (Å²) in [5.41, 5.74) is 0.216. The van der Waals surface area contributed by atoms with Gasteiger partial charge in [0, 0.05) is 44.2 Å². The average Bonchev–Trinajstić information content (AvgIpc) is 2.71. The highest BCUT2D eigenvalue weighted by Gasteiger charge is 2.26. The smallest absolute Gasteiger partial charge is 0.410 e. The summed E-state index contributed by atoms with van der Waals surface area (Å²) in [5, 5.41) is 0.0238. The highest BCUT2D eigenvalue weighted by Crippen LogP contribution is 2.17. The molecule has 2 aromatic rings. The summed E-state index contributed by atoms with van der Waals surface area (Å²) < 4.78 is 34.0. The van der Waals surface area contributed by atoms with Crippen molar-refractivity contribution in [2.45, 2.75) is 38.0 Å². The molecule has 1 aliphatic heterocycles. The number of carbonyl (C=O) groups is 1. The fourth-order valence-corrected chi connectivity index (χ4v) is 3.40. The van der Waals surface area contributed by atoms with E-state index >= 15 is 0 Å². The molecule has 3 heterocycles. The summed E-state index contributed by atoms with van der Waals surface area (Å²) in [5.74, 6) is 1.05. The molecular formula is C20H27N5O5S. The number of sulfone groups is 1. The van der Waals surface area contributed by atoms with Crippen LogP contribution in [0.5, 0.6) is 5.75 Å². The minimum absolute atomic E-state index is 0.0238. The molecule has 0 saturated carbocycles. The first-order valence-electron chi connectivity index (χ1n) is 9.84. The maximum Gasteiger partial charge on any atom is 0.410 e. The summed E-state index contributed by atoms with van der Waals surface area (Å²) in [7, 11) is -3.32. The maximum absolute atomic E-state index is 12.2. The van der Waals surface area contributed by atoms with Crippen molar-refractivity contribution in [1.82, 2.24) is 19.9 Å². The fourth-order valence-electron chi connectivity index (χ4n) is 2.85. The van der Waals surface area contributed by atoms with E-state index in [4.69, 9.17) is 9.47 Å². The first-order valence-corrected chi connectivity index (χ1v) is 11.7. The Morgan fingerprint density at radius 1 is 1.03 bits per heavy atom. The minimum atomic E-state index is -3.32. The van der Waals surface area contributed by atoms with Crippen LogP contribution in [0.3, 0.4) is 0 Å². The molecule has 1 aliphatic rings. The summed E-state index contributed by atoms with van der Waals surface area (Å²) in [6.45, 7) is 8.04. The lowest BCUT2D eigenvalue weighted by atomic mass is 10.2. The first-order chi connectivity index (χ1) is 14.5. The highest BCUT2D eigenvalue weighted by atomic mass is 32.2. The Hall–Kier alpha value is -2.95.